The molecule has 41 heavy (non-hydrogen) atoms. The van der Waals surface area contributed by atoms with E-state index in [9.17, 15) is 0 Å². The van der Waals surface area contributed by atoms with Crippen LogP contribution < -0.4 is 14.2 Å². The molecule has 3 nitrogen and oxygen atoms in total. The lowest BCUT2D eigenvalue weighted by Crippen LogP contribution is -2.40. The Hall–Kier alpha value is -5.15. The van der Waals surface area contributed by atoms with Crippen molar-refractivity contribution in [3.8, 4) is 5.75 Å². The lowest BCUT2D eigenvalue weighted by atomic mass is 10.1. The highest BCUT2D eigenvalue weighted by molar-refractivity contribution is 5.88. The van der Waals surface area contributed by atoms with Crippen molar-refractivity contribution in [2.75, 3.05) is 11.4 Å². The summed E-state index contributed by atoms with van der Waals surface area (Å²) in [5, 5.41) is 3.47. The minimum atomic E-state index is 0.413. The van der Waals surface area contributed by atoms with Crippen molar-refractivity contribution in [3.05, 3.63) is 163 Å². The SMILES string of the molecule is CCN1C(=CC=CC=CC=Cc2ccc3ccccc3[n+]2COc2cccc3ccccc23)C=Cc2ccccc21. The second kappa shape index (κ2) is 12.4. The highest BCUT2D eigenvalue weighted by Gasteiger charge is 2.16. The summed E-state index contributed by atoms with van der Waals surface area (Å²) < 4.78 is 8.61. The van der Waals surface area contributed by atoms with Gasteiger partial charge in [0.2, 0.25) is 11.2 Å². The third-order valence-electron chi connectivity index (χ3n) is 7.34. The highest BCUT2D eigenvalue weighted by Crippen LogP contribution is 2.30. The number of anilines is 1. The smallest absolute Gasteiger partial charge is 0.293 e. The number of aromatic nitrogens is 1. The van der Waals surface area contributed by atoms with Gasteiger partial charge < -0.3 is 9.64 Å². The highest BCUT2D eigenvalue weighted by atomic mass is 16.5. The van der Waals surface area contributed by atoms with E-state index in [1.54, 1.807) is 0 Å². The number of rotatable bonds is 8. The zero-order valence-corrected chi connectivity index (χ0v) is 23.2. The van der Waals surface area contributed by atoms with E-state index in [4.69, 9.17) is 4.74 Å². The summed E-state index contributed by atoms with van der Waals surface area (Å²) >= 11 is 0. The van der Waals surface area contributed by atoms with Gasteiger partial charge in [0, 0.05) is 46.9 Å². The average molecular weight is 534 g/mol. The van der Waals surface area contributed by atoms with E-state index < -0.39 is 0 Å². The largest absolute Gasteiger partial charge is 0.435 e. The van der Waals surface area contributed by atoms with Crippen LogP contribution in [0.5, 0.6) is 5.75 Å². The number of nitrogens with zero attached hydrogens (tertiary/aromatic N) is 2. The fourth-order valence-electron chi connectivity index (χ4n) is 5.30. The first-order valence-electron chi connectivity index (χ1n) is 14.1. The molecule has 0 aliphatic carbocycles. The number of benzene rings is 4. The Morgan fingerprint density at radius 1 is 0.683 bits per heavy atom. The monoisotopic (exact) mass is 533 g/mol. The minimum Gasteiger partial charge on any atom is -0.435 e. The first kappa shape index (κ1) is 26.1. The van der Waals surface area contributed by atoms with Gasteiger partial charge in [0.15, 0.2) is 0 Å². The maximum absolute atomic E-state index is 6.39. The van der Waals surface area contributed by atoms with E-state index >= 15 is 0 Å². The third-order valence-corrected chi connectivity index (χ3v) is 7.34. The van der Waals surface area contributed by atoms with Crippen LogP contribution in [-0.2, 0) is 6.73 Å². The standard InChI is InChI=1S/C38H33N2O/c1-2-39-33(27-25-31-16-9-12-22-36(31)39)19-6-4-3-5-7-20-34-28-26-32-17-10-13-23-37(32)40(34)29-41-38-24-14-18-30-15-8-11-21-35(30)38/h3-28H,2,29H2,1H3/q+1. The molecule has 2 heterocycles. The van der Waals surface area contributed by atoms with Crippen LogP contribution in [0.2, 0.25) is 0 Å². The Kier molecular flexibility index (Phi) is 7.86. The van der Waals surface area contributed by atoms with Crippen LogP contribution in [0.1, 0.15) is 18.2 Å². The second-order valence-electron chi connectivity index (χ2n) is 9.85. The van der Waals surface area contributed by atoms with Crippen LogP contribution in [0.4, 0.5) is 5.69 Å². The van der Waals surface area contributed by atoms with Gasteiger partial charge in [0.05, 0.1) is 0 Å². The van der Waals surface area contributed by atoms with Gasteiger partial charge in [-0.05, 0) is 54.3 Å². The molecule has 1 aliphatic rings. The maximum atomic E-state index is 6.39. The molecular weight excluding hydrogens is 500 g/mol. The van der Waals surface area contributed by atoms with Crippen LogP contribution in [0.15, 0.2) is 151 Å². The van der Waals surface area contributed by atoms with Crippen LogP contribution in [-0.4, -0.2) is 6.54 Å². The molecule has 4 aromatic carbocycles. The molecule has 1 aromatic heterocycles. The molecule has 0 amide bonds. The number of hydrogen-bond donors (Lipinski definition) is 0. The quantitative estimate of drug-likeness (QED) is 0.146. The number of hydrogen-bond acceptors (Lipinski definition) is 2. The van der Waals surface area contributed by atoms with Gasteiger partial charge in [-0.1, -0.05) is 103 Å². The topological polar surface area (TPSA) is 16.4 Å². The predicted octanol–water partition coefficient (Wildman–Crippen LogP) is 8.88. The number of likely N-dealkylation sites (N-methyl/N-ethyl adjacent to an activating group) is 1. The molecule has 200 valence electrons. The van der Waals surface area contributed by atoms with Gasteiger partial charge in [0.25, 0.3) is 6.73 Å². The van der Waals surface area contributed by atoms with Crippen molar-refractivity contribution >= 4 is 39.5 Å². The van der Waals surface area contributed by atoms with Gasteiger partial charge in [-0.3, -0.25) is 0 Å². The fraction of sp³-hybridized carbons (Fsp3) is 0.0789. The molecule has 0 N–H and O–H groups in total. The second-order valence-corrected chi connectivity index (χ2v) is 9.85. The van der Waals surface area contributed by atoms with Gasteiger partial charge >= 0.3 is 0 Å². The number of pyridine rings is 1. The van der Waals surface area contributed by atoms with E-state index in [0.29, 0.717) is 6.73 Å². The molecular formula is C38H33N2O+. The van der Waals surface area contributed by atoms with Crippen molar-refractivity contribution in [2.24, 2.45) is 0 Å². The molecule has 0 saturated carbocycles. The zero-order chi connectivity index (χ0) is 27.9. The number of allylic oxidation sites excluding steroid dienone is 7. The molecule has 0 radical (unpaired) electrons. The predicted molar refractivity (Wildman–Crippen MR) is 173 cm³/mol. The molecule has 0 fully saturated rings. The van der Waals surface area contributed by atoms with E-state index in [1.807, 2.05) is 12.1 Å². The van der Waals surface area contributed by atoms with Gasteiger partial charge in [-0.15, -0.1) is 0 Å². The van der Waals surface area contributed by atoms with Crippen LogP contribution >= 0.6 is 0 Å². The molecule has 3 heteroatoms. The maximum Gasteiger partial charge on any atom is 0.293 e. The Bertz CT molecular complexity index is 1840. The van der Waals surface area contributed by atoms with E-state index in [2.05, 4.69) is 162 Å². The molecule has 0 unspecified atom stereocenters. The van der Waals surface area contributed by atoms with Crippen molar-refractivity contribution in [1.82, 2.24) is 0 Å². The Labute approximate surface area is 242 Å². The summed E-state index contributed by atoms with van der Waals surface area (Å²) in [6.45, 7) is 3.52. The summed E-state index contributed by atoms with van der Waals surface area (Å²) in [6.07, 6.45) is 19.0. The minimum absolute atomic E-state index is 0.413. The lowest BCUT2D eigenvalue weighted by molar-refractivity contribution is -0.702. The Morgan fingerprint density at radius 2 is 1.44 bits per heavy atom. The molecule has 1 aliphatic heterocycles. The number of para-hydroxylation sites is 2. The first-order chi connectivity index (χ1) is 20.3. The first-order valence-corrected chi connectivity index (χ1v) is 14.1. The Balaban J connectivity index is 1.18. The molecule has 6 rings (SSSR count). The summed E-state index contributed by atoms with van der Waals surface area (Å²) in [5.74, 6) is 0.885. The van der Waals surface area contributed by atoms with Gasteiger partial charge in [-0.2, -0.15) is 4.57 Å². The summed E-state index contributed by atoms with van der Waals surface area (Å²) in [5.41, 5.74) is 5.91. The molecule has 5 aromatic rings. The van der Waals surface area contributed by atoms with Gasteiger partial charge in [-0.25, -0.2) is 0 Å². The zero-order valence-electron chi connectivity index (χ0n) is 23.2. The summed E-state index contributed by atoms with van der Waals surface area (Å²) in [4.78, 5) is 2.34. The van der Waals surface area contributed by atoms with Crippen molar-refractivity contribution in [2.45, 2.75) is 13.7 Å². The fourth-order valence-corrected chi connectivity index (χ4v) is 5.30. The molecule has 0 atom stereocenters. The third kappa shape index (κ3) is 5.75. The van der Waals surface area contributed by atoms with Gasteiger partial charge in [0.1, 0.15) is 5.75 Å². The lowest BCUT2D eigenvalue weighted by Gasteiger charge is -2.29. The molecule has 0 spiro atoms. The number of ether oxygens (including phenoxy) is 1. The Morgan fingerprint density at radius 3 is 2.37 bits per heavy atom. The number of fused-ring (bicyclic) bond motifs is 3. The van der Waals surface area contributed by atoms with Crippen molar-refractivity contribution in [3.63, 3.8) is 0 Å². The van der Waals surface area contributed by atoms with E-state index in [0.717, 1.165) is 28.9 Å². The molecule has 0 saturated heterocycles. The molecule has 0 bridgehead atoms. The van der Waals surface area contributed by atoms with Crippen LogP contribution in [0.25, 0.3) is 33.8 Å². The van der Waals surface area contributed by atoms with Crippen LogP contribution in [0.3, 0.4) is 0 Å². The van der Waals surface area contributed by atoms with Crippen LogP contribution in [0, 0.1) is 0 Å². The van der Waals surface area contributed by atoms with Crippen molar-refractivity contribution in [1.29, 1.82) is 0 Å². The summed E-state index contributed by atoms with van der Waals surface area (Å²) in [6, 6.07) is 35.8. The van der Waals surface area contributed by atoms with Crippen molar-refractivity contribution < 1.29 is 9.30 Å². The van der Waals surface area contributed by atoms with E-state index in [1.165, 1.54) is 27.7 Å². The van der Waals surface area contributed by atoms with E-state index in [-0.39, 0.29) is 0 Å². The summed E-state index contributed by atoms with van der Waals surface area (Å²) in [7, 11) is 0. The average Bonchev–Trinajstić information content (AvgIpc) is 3.03. The normalized spacial score (nSPS) is 14.3.